The van der Waals surface area contributed by atoms with Crippen molar-refractivity contribution < 1.29 is 4.42 Å². The van der Waals surface area contributed by atoms with E-state index in [9.17, 15) is 0 Å². The van der Waals surface area contributed by atoms with Gasteiger partial charge >= 0.3 is 0 Å². The Morgan fingerprint density at radius 1 is 1.25 bits per heavy atom. The highest BCUT2D eigenvalue weighted by Crippen LogP contribution is 2.27. The standard InChI is InChI=1S/C13H14BrNO/c1-8-5-10(7-11(14)6-8)13-4-3-12(16-13)9(2)15/h3-7,9H,15H2,1-2H3. The van der Waals surface area contributed by atoms with Gasteiger partial charge in [0.2, 0.25) is 0 Å². The van der Waals surface area contributed by atoms with E-state index in [1.54, 1.807) is 0 Å². The molecule has 0 aliphatic carbocycles. The van der Waals surface area contributed by atoms with Crippen molar-refractivity contribution in [1.82, 2.24) is 0 Å². The third-order valence-corrected chi connectivity index (χ3v) is 2.86. The molecule has 1 unspecified atom stereocenters. The third kappa shape index (κ3) is 2.36. The summed E-state index contributed by atoms with van der Waals surface area (Å²) in [5, 5.41) is 0. The fourth-order valence-corrected chi connectivity index (χ4v) is 2.24. The molecule has 16 heavy (non-hydrogen) atoms. The minimum Gasteiger partial charge on any atom is -0.459 e. The SMILES string of the molecule is Cc1cc(Br)cc(-c2ccc(C(C)N)o2)c1. The number of rotatable bonds is 2. The average Bonchev–Trinajstić information content (AvgIpc) is 2.64. The van der Waals surface area contributed by atoms with E-state index in [-0.39, 0.29) is 6.04 Å². The molecule has 0 aliphatic rings. The quantitative estimate of drug-likeness (QED) is 0.901. The molecular weight excluding hydrogens is 266 g/mol. The summed E-state index contributed by atoms with van der Waals surface area (Å²) in [5.74, 6) is 1.67. The van der Waals surface area contributed by atoms with Gasteiger partial charge in [-0.05, 0) is 49.7 Å². The maximum absolute atomic E-state index is 5.76. The second kappa shape index (κ2) is 4.44. The van der Waals surface area contributed by atoms with Crippen LogP contribution in [0.5, 0.6) is 0 Å². The number of hydrogen-bond donors (Lipinski definition) is 1. The van der Waals surface area contributed by atoms with Crippen molar-refractivity contribution in [2.45, 2.75) is 19.9 Å². The molecule has 2 rings (SSSR count). The summed E-state index contributed by atoms with van der Waals surface area (Å²) in [5.41, 5.74) is 8.03. The summed E-state index contributed by atoms with van der Waals surface area (Å²) in [7, 11) is 0. The Balaban J connectivity index is 2.42. The largest absolute Gasteiger partial charge is 0.459 e. The minimum absolute atomic E-state index is 0.0676. The zero-order valence-corrected chi connectivity index (χ0v) is 10.9. The first-order valence-electron chi connectivity index (χ1n) is 5.19. The average molecular weight is 280 g/mol. The number of benzene rings is 1. The number of hydrogen-bond acceptors (Lipinski definition) is 2. The normalized spacial score (nSPS) is 12.8. The molecule has 2 aromatic rings. The van der Waals surface area contributed by atoms with Crippen LogP contribution in [-0.4, -0.2) is 0 Å². The van der Waals surface area contributed by atoms with Gasteiger partial charge in [-0.1, -0.05) is 15.9 Å². The highest BCUT2D eigenvalue weighted by atomic mass is 79.9. The first-order valence-corrected chi connectivity index (χ1v) is 5.98. The Bertz CT molecular complexity index is 482. The monoisotopic (exact) mass is 279 g/mol. The van der Waals surface area contributed by atoms with Crippen LogP contribution in [0.15, 0.2) is 39.2 Å². The molecule has 0 fully saturated rings. The maximum atomic E-state index is 5.76. The molecule has 0 saturated heterocycles. The molecular formula is C13H14BrNO. The predicted molar refractivity (Wildman–Crippen MR) is 69.2 cm³/mol. The summed E-state index contributed by atoms with van der Waals surface area (Å²) in [6.45, 7) is 3.97. The molecule has 0 spiro atoms. The van der Waals surface area contributed by atoms with E-state index < -0.39 is 0 Å². The number of furan rings is 1. The van der Waals surface area contributed by atoms with Crippen LogP contribution >= 0.6 is 15.9 Å². The molecule has 0 amide bonds. The van der Waals surface area contributed by atoms with E-state index in [1.807, 2.05) is 25.1 Å². The van der Waals surface area contributed by atoms with E-state index in [1.165, 1.54) is 5.56 Å². The molecule has 2 N–H and O–H groups in total. The summed E-state index contributed by atoms with van der Waals surface area (Å²) in [6.07, 6.45) is 0. The zero-order chi connectivity index (χ0) is 11.7. The van der Waals surface area contributed by atoms with E-state index in [0.29, 0.717) is 0 Å². The fourth-order valence-electron chi connectivity index (χ4n) is 1.63. The molecule has 1 heterocycles. The van der Waals surface area contributed by atoms with Crippen LogP contribution < -0.4 is 5.73 Å². The lowest BCUT2D eigenvalue weighted by Gasteiger charge is -2.02. The van der Waals surface area contributed by atoms with E-state index in [4.69, 9.17) is 10.2 Å². The molecule has 1 aromatic carbocycles. The van der Waals surface area contributed by atoms with Crippen molar-refractivity contribution in [3.8, 4) is 11.3 Å². The van der Waals surface area contributed by atoms with Gasteiger partial charge in [-0.2, -0.15) is 0 Å². The smallest absolute Gasteiger partial charge is 0.134 e. The van der Waals surface area contributed by atoms with E-state index >= 15 is 0 Å². The van der Waals surface area contributed by atoms with Gasteiger partial charge in [0.05, 0.1) is 6.04 Å². The lowest BCUT2D eigenvalue weighted by molar-refractivity contribution is 0.491. The van der Waals surface area contributed by atoms with Crippen LogP contribution in [0.1, 0.15) is 24.3 Å². The highest BCUT2D eigenvalue weighted by Gasteiger charge is 2.08. The summed E-state index contributed by atoms with van der Waals surface area (Å²) < 4.78 is 6.75. The zero-order valence-electron chi connectivity index (χ0n) is 9.33. The van der Waals surface area contributed by atoms with Crippen LogP contribution in [0.4, 0.5) is 0 Å². The second-order valence-electron chi connectivity index (χ2n) is 4.01. The van der Waals surface area contributed by atoms with Gasteiger partial charge < -0.3 is 10.2 Å². The van der Waals surface area contributed by atoms with Crippen LogP contribution in [0.3, 0.4) is 0 Å². The van der Waals surface area contributed by atoms with Crippen LogP contribution in [-0.2, 0) is 0 Å². The minimum atomic E-state index is -0.0676. The molecule has 0 saturated carbocycles. The first-order chi connectivity index (χ1) is 7.56. The Kier molecular flexibility index (Phi) is 3.17. The molecule has 2 nitrogen and oxygen atoms in total. The van der Waals surface area contributed by atoms with Crippen molar-refractivity contribution >= 4 is 15.9 Å². The van der Waals surface area contributed by atoms with Gasteiger partial charge in [-0.3, -0.25) is 0 Å². The van der Waals surface area contributed by atoms with Gasteiger partial charge in [0.1, 0.15) is 11.5 Å². The van der Waals surface area contributed by atoms with Crippen molar-refractivity contribution in [2.75, 3.05) is 0 Å². The van der Waals surface area contributed by atoms with Gasteiger partial charge in [0.25, 0.3) is 0 Å². The number of nitrogens with two attached hydrogens (primary N) is 1. The van der Waals surface area contributed by atoms with Crippen molar-refractivity contribution in [1.29, 1.82) is 0 Å². The van der Waals surface area contributed by atoms with Crippen molar-refractivity contribution in [2.24, 2.45) is 5.73 Å². The first kappa shape index (κ1) is 11.4. The van der Waals surface area contributed by atoms with Crippen molar-refractivity contribution in [3.05, 3.63) is 46.1 Å². The summed E-state index contributed by atoms with van der Waals surface area (Å²) in [4.78, 5) is 0. The lowest BCUT2D eigenvalue weighted by Crippen LogP contribution is -2.02. The van der Waals surface area contributed by atoms with Gasteiger partial charge in [0, 0.05) is 10.0 Å². The molecule has 0 radical (unpaired) electrons. The number of aryl methyl sites for hydroxylation is 1. The molecule has 0 aliphatic heterocycles. The molecule has 1 aromatic heterocycles. The van der Waals surface area contributed by atoms with Crippen LogP contribution in [0, 0.1) is 6.92 Å². The van der Waals surface area contributed by atoms with E-state index in [2.05, 4.69) is 35.0 Å². The van der Waals surface area contributed by atoms with Crippen molar-refractivity contribution in [3.63, 3.8) is 0 Å². The Labute approximate surface area is 104 Å². The van der Waals surface area contributed by atoms with Gasteiger partial charge in [-0.25, -0.2) is 0 Å². The molecule has 84 valence electrons. The summed E-state index contributed by atoms with van der Waals surface area (Å²) >= 11 is 3.48. The van der Waals surface area contributed by atoms with Crippen LogP contribution in [0.2, 0.25) is 0 Å². The molecule has 0 bridgehead atoms. The Hall–Kier alpha value is -1.06. The van der Waals surface area contributed by atoms with Gasteiger partial charge in [0.15, 0.2) is 0 Å². The molecule has 3 heteroatoms. The maximum Gasteiger partial charge on any atom is 0.134 e. The highest BCUT2D eigenvalue weighted by molar-refractivity contribution is 9.10. The lowest BCUT2D eigenvalue weighted by atomic mass is 10.1. The summed E-state index contributed by atoms with van der Waals surface area (Å²) in [6, 6.07) is 10.0. The van der Waals surface area contributed by atoms with Crippen LogP contribution in [0.25, 0.3) is 11.3 Å². The second-order valence-corrected chi connectivity index (χ2v) is 4.92. The molecule has 1 atom stereocenters. The Morgan fingerprint density at radius 3 is 2.56 bits per heavy atom. The van der Waals surface area contributed by atoms with E-state index in [0.717, 1.165) is 21.6 Å². The topological polar surface area (TPSA) is 39.2 Å². The predicted octanol–water partition coefficient (Wildman–Crippen LogP) is 4.04. The Morgan fingerprint density at radius 2 is 2.00 bits per heavy atom. The third-order valence-electron chi connectivity index (χ3n) is 2.40. The number of halogens is 1. The van der Waals surface area contributed by atoms with Gasteiger partial charge in [-0.15, -0.1) is 0 Å². The fraction of sp³-hybridized carbons (Fsp3) is 0.231.